The Kier molecular flexibility index (Phi) is 5.14. The van der Waals surface area contributed by atoms with Gasteiger partial charge < -0.3 is 9.84 Å². The number of aliphatic hydroxyl groups excluding tert-OH is 1. The third-order valence-electron chi connectivity index (χ3n) is 2.83. The van der Waals surface area contributed by atoms with Gasteiger partial charge in [-0.05, 0) is 40.0 Å². The van der Waals surface area contributed by atoms with Gasteiger partial charge in [0.2, 0.25) is 0 Å². The van der Waals surface area contributed by atoms with Crippen molar-refractivity contribution in [3.05, 3.63) is 0 Å². The summed E-state index contributed by atoms with van der Waals surface area (Å²) in [6.45, 7) is 6.01. The molecule has 0 aromatic rings. The SMILES string of the molecule is CC(C)(C)OC(=O)N1CCC[C@H]1C(=O)CCCO. The smallest absolute Gasteiger partial charge is 0.410 e. The number of Topliss-reactive ketones (excluding diaryl/α,β-unsaturated/α-hetero) is 1. The lowest BCUT2D eigenvalue weighted by Gasteiger charge is -2.27. The molecule has 0 bridgehead atoms. The number of rotatable bonds is 4. The van der Waals surface area contributed by atoms with E-state index in [-0.39, 0.29) is 18.4 Å². The molecule has 0 aromatic heterocycles. The van der Waals surface area contributed by atoms with Crippen LogP contribution < -0.4 is 0 Å². The van der Waals surface area contributed by atoms with Crippen LogP contribution in [0.3, 0.4) is 0 Å². The molecular formula is C13H23NO4. The number of aliphatic hydroxyl groups is 1. The van der Waals surface area contributed by atoms with Crippen LogP contribution >= 0.6 is 0 Å². The van der Waals surface area contributed by atoms with Crippen molar-refractivity contribution in [2.45, 2.75) is 58.1 Å². The van der Waals surface area contributed by atoms with Crippen LogP contribution in [0.15, 0.2) is 0 Å². The molecular weight excluding hydrogens is 234 g/mol. The van der Waals surface area contributed by atoms with Gasteiger partial charge in [0.05, 0.1) is 6.04 Å². The van der Waals surface area contributed by atoms with Crippen molar-refractivity contribution < 1.29 is 19.4 Å². The minimum atomic E-state index is -0.543. The van der Waals surface area contributed by atoms with Crippen LogP contribution in [0.4, 0.5) is 4.79 Å². The van der Waals surface area contributed by atoms with Gasteiger partial charge in [-0.1, -0.05) is 0 Å². The molecule has 1 saturated heterocycles. The second-order valence-electron chi connectivity index (χ2n) is 5.63. The molecule has 5 heteroatoms. The average Bonchev–Trinajstić information content (AvgIpc) is 2.72. The molecule has 0 spiro atoms. The van der Waals surface area contributed by atoms with E-state index in [0.29, 0.717) is 25.8 Å². The lowest BCUT2D eigenvalue weighted by atomic mass is 10.1. The zero-order valence-electron chi connectivity index (χ0n) is 11.4. The van der Waals surface area contributed by atoms with E-state index in [4.69, 9.17) is 9.84 Å². The van der Waals surface area contributed by atoms with Crippen LogP contribution in [-0.4, -0.2) is 46.7 Å². The molecule has 0 saturated carbocycles. The molecule has 1 atom stereocenters. The molecule has 104 valence electrons. The van der Waals surface area contributed by atoms with Gasteiger partial charge in [0, 0.05) is 19.6 Å². The minimum absolute atomic E-state index is 0.00486. The average molecular weight is 257 g/mol. The van der Waals surface area contributed by atoms with Gasteiger partial charge in [0.25, 0.3) is 0 Å². The molecule has 1 rings (SSSR count). The van der Waals surface area contributed by atoms with E-state index < -0.39 is 11.7 Å². The summed E-state index contributed by atoms with van der Waals surface area (Å²) in [5, 5.41) is 8.73. The maximum absolute atomic E-state index is 12.0. The lowest BCUT2D eigenvalue weighted by Crippen LogP contribution is -2.43. The standard InChI is InChI=1S/C13H23NO4/c1-13(2,3)18-12(17)14-8-4-6-10(14)11(16)7-5-9-15/h10,15H,4-9H2,1-3H3/t10-/m0/s1. The Bertz CT molecular complexity index is 309. The van der Waals surface area contributed by atoms with Crippen molar-refractivity contribution in [3.8, 4) is 0 Å². The van der Waals surface area contributed by atoms with E-state index in [1.807, 2.05) is 20.8 Å². The molecule has 0 aliphatic carbocycles. The topological polar surface area (TPSA) is 66.8 Å². The van der Waals surface area contributed by atoms with Crippen molar-refractivity contribution >= 4 is 11.9 Å². The molecule has 0 unspecified atom stereocenters. The van der Waals surface area contributed by atoms with Crippen LogP contribution in [0.2, 0.25) is 0 Å². The molecule has 1 N–H and O–H groups in total. The van der Waals surface area contributed by atoms with Crippen molar-refractivity contribution in [2.24, 2.45) is 0 Å². The number of hydrogen-bond acceptors (Lipinski definition) is 4. The predicted molar refractivity (Wildman–Crippen MR) is 67.3 cm³/mol. The molecule has 5 nitrogen and oxygen atoms in total. The minimum Gasteiger partial charge on any atom is -0.444 e. The van der Waals surface area contributed by atoms with Gasteiger partial charge in [0.15, 0.2) is 5.78 Å². The van der Waals surface area contributed by atoms with Crippen LogP contribution in [0, 0.1) is 0 Å². The number of carbonyl (C=O) groups is 2. The first-order chi connectivity index (χ1) is 8.35. The van der Waals surface area contributed by atoms with E-state index in [2.05, 4.69) is 0 Å². The summed E-state index contributed by atoms with van der Waals surface area (Å²) in [6.07, 6.45) is 1.89. The highest BCUT2D eigenvalue weighted by Crippen LogP contribution is 2.22. The molecule has 1 fully saturated rings. The van der Waals surface area contributed by atoms with Gasteiger partial charge in [-0.25, -0.2) is 4.79 Å². The quantitative estimate of drug-likeness (QED) is 0.833. The van der Waals surface area contributed by atoms with Crippen molar-refractivity contribution in [2.75, 3.05) is 13.2 Å². The first-order valence-electron chi connectivity index (χ1n) is 6.48. The first-order valence-corrected chi connectivity index (χ1v) is 6.48. The molecule has 0 aromatic carbocycles. The summed E-state index contributed by atoms with van der Waals surface area (Å²) < 4.78 is 5.29. The van der Waals surface area contributed by atoms with Crippen LogP contribution in [-0.2, 0) is 9.53 Å². The molecule has 1 heterocycles. The number of likely N-dealkylation sites (tertiary alicyclic amines) is 1. The van der Waals surface area contributed by atoms with E-state index in [0.717, 1.165) is 6.42 Å². The number of ketones is 1. The van der Waals surface area contributed by atoms with E-state index in [1.165, 1.54) is 4.90 Å². The Hall–Kier alpha value is -1.10. The molecule has 1 aliphatic heterocycles. The summed E-state index contributed by atoms with van der Waals surface area (Å²) in [7, 11) is 0. The zero-order valence-corrected chi connectivity index (χ0v) is 11.4. The van der Waals surface area contributed by atoms with Crippen molar-refractivity contribution in [3.63, 3.8) is 0 Å². The summed E-state index contributed by atoms with van der Waals surface area (Å²) in [6, 6.07) is -0.369. The highest BCUT2D eigenvalue weighted by molar-refractivity contribution is 5.87. The number of carbonyl (C=O) groups excluding carboxylic acids is 2. The highest BCUT2D eigenvalue weighted by Gasteiger charge is 2.35. The fourth-order valence-electron chi connectivity index (χ4n) is 2.06. The fraction of sp³-hybridized carbons (Fsp3) is 0.846. The van der Waals surface area contributed by atoms with E-state index in [9.17, 15) is 9.59 Å². The van der Waals surface area contributed by atoms with Crippen LogP contribution in [0.25, 0.3) is 0 Å². The number of amides is 1. The summed E-state index contributed by atoms with van der Waals surface area (Å²) in [5.41, 5.74) is -0.543. The van der Waals surface area contributed by atoms with Crippen molar-refractivity contribution in [1.29, 1.82) is 0 Å². The summed E-state index contributed by atoms with van der Waals surface area (Å²) in [4.78, 5) is 25.4. The Morgan fingerprint density at radius 2 is 2.06 bits per heavy atom. The summed E-state index contributed by atoms with van der Waals surface area (Å²) >= 11 is 0. The Balaban J connectivity index is 2.59. The molecule has 18 heavy (non-hydrogen) atoms. The number of hydrogen-bond donors (Lipinski definition) is 1. The predicted octanol–water partition coefficient (Wildman–Crippen LogP) is 1.73. The van der Waals surface area contributed by atoms with Crippen LogP contribution in [0.5, 0.6) is 0 Å². The van der Waals surface area contributed by atoms with Gasteiger partial charge in [0.1, 0.15) is 5.60 Å². The van der Waals surface area contributed by atoms with Gasteiger partial charge in [-0.3, -0.25) is 9.69 Å². The zero-order chi connectivity index (χ0) is 13.8. The highest BCUT2D eigenvalue weighted by atomic mass is 16.6. The van der Waals surface area contributed by atoms with Crippen LogP contribution in [0.1, 0.15) is 46.5 Å². The number of ether oxygens (including phenoxy) is 1. The fourth-order valence-corrected chi connectivity index (χ4v) is 2.06. The normalized spacial score (nSPS) is 20.0. The maximum atomic E-state index is 12.0. The summed E-state index contributed by atoms with van der Waals surface area (Å²) in [5.74, 6) is 0.0207. The lowest BCUT2D eigenvalue weighted by molar-refractivity contribution is -0.123. The van der Waals surface area contributed by atoms with E-state index >= 15 is 0 Å². The number of nitrogens with zero attached hydrogens (tertiary/aromatic N) is 1. The van der Waals surface area contributed by atoms with E-state index in [1.54, 1.807) is 0 Å². The maximum Gasteiger partial charge on any atom is 0.410 e. The first kappa shape index (κ1) is 15.0. The Morgan fingerprint density at radius 1 is 1.39 bits per heavy atom. The largest absolute Gasteiger partial charge is 0.444 e. The van der Waals surface area contributed by atoms with Gasteiger partial charge >= 0.3 is 6.09 Å². The third kappa shape index (κ3) is 4.29. The Labute approximate surface area is 108 Å². The Morgan fingerprint density at radius 3 is 2.61 bits per heavy atom. The van der Waals surface area contributed by atoms with Gasteiger partial charge in [-0.2, -0.15) is 0 Å². The van der Waals surface area contributed by atoms with Gasteiger partial charge in [-0.15, -0.1) is 0 Å². The molecule has 0 radical (unpaired) electrons. The molecule has 1 aliphatic rings. The van der Waals surface area contributed by atoms with Crippen molar-refractivity contribution in [1.82, 2.24) is 4.90 Å². The third-order valence-corrected chi connectivity index (χ3v) is 2.83. The molecule has 1 amide bonds. The second kappa shape index (κ2) is 6.18. The monoisotopic (exact) mass is 257 g/mol. The second-order valence-corrected chi connectivity index (χ2v) is 5.63.